The molecule has 2 aromatic rings. The Labute approximate surface area is 68.7 Å². The molecule has 3 nitrogen and oxygen atoms in total. The van der Waals surface area contributed by atoms with E-state index < -0.39 is 0 Å². The first kappa shape index (κ1) is 7.21. The molecule has 0 bridgehead atoms. The number of nitrogens with one attached hydrogen (secondary N) is 1. The molecule has 0 aliphatic heterocycles. The summed E-state index contributed by atoms with van der Waals surface area (Å²) >= 11 is 0. The van der Waals surface area contributed by atoms with Crippen LogP contribution < -0.4 is 0 Å². The van der Waals surface area contributed by atoms with Crippen molar-refractivity contribution in [2.75, 3.05) is 6.67 Å². The quantitative estimate of drug-likeness (QED) is 0.732. The van der Waals surface area contributed by atoms with E-state index >= 15 is 0 Å². The number of alkyl halides is 1. The van der Waals surface area contributed by atoms with Crippen molar-refractivity contribution in [2.24, 2.45) is 0 Å². The zero-order valence-corrected chi connectivity index (χ0v) is 6.42. The summed E-state index contributed by atoms with van der Waals surface area (Å²) in [7, 11) is 0. The first-order valence-corrected chi connectivity index (χ1v) is 3.76. The summed E-state index contributed by atoms with van der Waals surface area (Å²) in [5.74, 6) is 0.659. The first-order valence-electron chi connectivity index (χ1n) is 3.76. The highest BCUT2D eigenvalue weighted by molar-refractivity contribution is 5.69. The van der Waals surface area contributed by atoms with Gasteiger partial charge in [-0.2, -0.15) is 0 Å². The van der Waals surface area contributed by atoms with Crippen LogP contribution >= 0.6 is 0 Å². The monoisotopic (exact) mass is 165 g/mol. The summed E-state index contributed by atoms with van der Waals surface area (Å²) in [6, 6.07) is 3.69. The molecule has 0 atom stereocenters. The molecule has 12 heavy (non-hydrogen) atoms. The highest BCUT2D eigenvalue weighted by Crippen LogP contribution is 2.07. The van der Waals surface area contributed by atoms with Crippen molar-refractivity contribution in [1.82, 2.24) is 15.0 Å². The molecule has 4 heteroatoms. The maximum Gasteiger partial charge on any atom is 0.177 e. The molecule has 0 aliphatic carbocycles. The lowest BCUT2D eigenvalue weighted by atomic mass is 10.4. The van der Waals surface area contributed by atoms with E-state index in [2.05, 4.69) is 15.0 Å². The molecule has 0 aliphatic rings. The van der Waals surface area contributed by atoms with E-state index in [4.69, 9.17) is 0 Å². The van der Waals surface area contributed by atoms with E-state index in [1.54, 1.807) is 6.20 Å². The third-order valence-electron chi connectivity index (χ3n) is 1.64. The molecule has 0 aromatic carbocycles. The van der Waals surface area contributed by atoms with Crippen molar-refractivity contribution >= 4 is 11.2 Å². The maximum absolute atomic E-state index is 11.9. The van der Waals surface area contributed by atoms with Crippen LogP contribution in [0.15, 0.2) is 18.3 Å². The van der Waals surface area contributed by atoms with Crippen LogP contribution in [0.4, 0.5) is 4.39 Å². The van der Waals surface area contributed by atoms with Crippen LogP contribution in [-0.4, -0.2) is 21.6 Å². The molecule has 0 fully saturated rings. The number of fused-ring (bicyclic) bond motifs is 1. The minimum atomic E-state index is -0.389. The molecule has 0 spiro atoms. The number of pyridine rings is 1. The fourth-order valence-corrected chi connectivity index (χ4v) is 1.10. The lowest BCUT2D eigenvalue weighted by Gasteiger charge is -1.84. The lowest BCUT2D eigenvalue weighted by Crippen LogP contribution is -1.88. The van der Waals surface area contributed by atoms with Gasteiger partial charge in [0.2, 0.25) is 0 Å². The predicted molar refractivity (Wildman–Crippen MR) is 43.6 cm³/mol. The zero-order valence-electron chi connectivity index (χ0n) is 6.42. The van der Waals surface area contributed by atoms with Crippen molar-refractivity contribution in [3.8, 4) is 0 Å². The predicted octanol–water partition coefficient (Wildman–Crippen LogP) is 1.47. The van der Waals surface area contributed by atoms with Gasteiger partial charge in [0.1, 0.15) is 5.82 Å². The highest BCUT2D eigenvalue weighted by atomic mass is 19.1. The van der Waals surface area contributed by atoms with Crippen molar-refractivity contribution in [2.45, 2.75) is 6.42 Å². The molecule has 0 amide bonds. The third-order valence-corrected chi connectivity index (χ3v) is 1.64. The van der Waals surface area contributed by atoms with Crippen LogP contribution in [0, 0.1) is 0 Å². The second kappa shape index (κ2) is 2.89. The van der Waals surface area contributed by atoms with E-state index in [0.29, 0.717) is 17.9 Å². The molecule has 0 radical (unpaired) electrons. The molecule has 2 aromatic heterocycles. The second-order valence-electron chi connectivity index (χ2n) is 2.50. The number of imidazole rings is 1. The summed E-state index contributed by atoms with van der Waals surface area (Å²) in [6.07, 6.45) is 2.00. The lowest BCUT2D eigenvalue weighted by molar-refractivity contribution is 0.489. The molecule has 0 saturated heterocycles. The number of halogens is 1. The van der Waals surface area contributed by atoms with Crippen molar-refractivity contribution in [3.63, 3.8) is 0 Å². The average Bonchev–Trinajstić information content (AvgIpc) is 2.47. The van der Waals surface area contributed by atoms with Gasteiger partial charge in [-0.3, -0.25) is 4.39 Å². The van der Waals surface area contributed by atoms with Gasteiger partial charge in [-0.05, 0) is 12.1 Å². The largest absolute Gasteiger partial charge is 0.341 e. The number of aromatic amines is 1. The number of aromatic nitrogens is 3. The van der Waals surface area contributed by atoms with E-state index in [1.807, 2.05) is 12.1 Å². The van der Waals surface area contributed by atoms with Crippen LogP contribution in [-0.2, 0) is 6.42 Å². The molecular formula is C8H8FN3. The Kier molecular flexibility index (Phi) is 1.74. The standard InChI is InChI=1S/C8H8FN3/c9-4-3-7-11-6-2-1-5-10-8(6)12-7/h1-2,5H,3-4H2,(H,10,11,12). The van der Waals surface area contributed by atoms with E-state index in [1.165, 1.54) is 0 Å². The zero-order chi connectivity index (χ0) is 8.39. The number of rotatable bonds is 2. The normalized spacial score (nSPS) is 10.8. The van der Waals surface area contributed by atoms with Crippen molar-refractivity contribution in [3.05, 3.63) is 24.2 Å². The minimum absolute atomic E-state index is 0.330. The Balaban J connectivity index is 2.47. The molecule has 62 valence electrons. The van der Waals surface area contributed by atoms with Gasteiger partial charge >= 0.3 is 0 Å². The Morgan fingerprint density at radius 1 is 1.50 bits per heavy atom. The number of hydrogen-bond donors (Lipinski definition) is 1. The smallest absolute Gasteiger partial charge is 0.177 e. The Morgan fingerprint density at radius 2 is 2.42 bits per heavy atom. The molecule has 1 N–H and O–H groups in total. The molecule has 2 rings (SSSR count). The fourth-order valence-electron chi connectivity index (χ4n) is 1.10. The van der Waals surface area contributed by atoms with Gasteiger partial charge in [0, 0.05) is 12.6 Å². The van der Waals surface area contributed by atoms with Gasteiger partial charge in [-0.25, -0.2) is 9.97 Å². The van der Waals surface area contributed by atoms with E-state index in [9.17, 15) is 4.39 Å². The molecule has 0 unspecified atom stereocenters. The number of H-pyrrole nitrogens is 1. The summed E-state index contributed by atoms with van der Waals surface area (Å²) in [5.41, 5.74) is 1.52. The third kappa shape index (κ3) is 1.15. The number of nitrogens with zero attached hydrogens (tertiary/aromatic N) is 2. The number of hydrogen-bond acceptors (Lipinski definition) is 2. The summed E-state index contributed by atoms with van der Waals surface area (Å²) in [4.78, 5) is 11.1. The second-order valence-corrected chi connectivity index (χ2v) is 2.50. The van der Waals surface area contributed by atoms with Crippen LogP contribution in [0.3, 0.4) is 0 Å². The van der Waals surface area contributed by atoms with E-state index in [0.717, 1.165) is 5.52 Å². The maximum atomic E-state index is 11.9. The van der Waals surface area contributed by atoms with Gasteiger partial charge in [0.15, 0.2) is 5.65 Å². The SMILES string of the molecule is FCCc1nc2ncccc2[nH]1. The van der Waals surface area contributed by atoms with Gasteiger partial charge < -0.3 is 4.98 Å². The van der Waals surface area contributed by atoms with Gasteiger partial charge in [-0.15, -0.1) is 0 Å². The molecular weight excluding hydrogens is 157 g/mol. The van der Waals surface area contributed by atoms with Gasteiger partial charge in [-0.1, -0.05) is 0 Å². The topological polar surface area (TPSA) is 41.6 Å². The Bertz CT molecular complexity index is 349. The first-order chi connectivity index (χ1) is 5.90. The fraction of sp³-hybridized carbons (Fsp3) is 0.250. The molecule has 2 heterocycles. The van der Waals surface area contributed by atoms with Crippen molar-refractivity contribution in [1.29, 1.82) is 0 Å². The number of aryl methyl sites for hydroxylation is 1. The average molecular weight is 165 g/mol. The Hall–Kier alpha value is -1.45. The van der Waals surface area contributed by atoms with Crippen LogP contribution in [0.2, 0.25) is 0 Å². The van der Waals surface area contributed by atoms with E-state index in [-0.39, 0.29) is 6.67 Å². The van der Waals surface area contributed by atoms with Crippen LogP contribution in [0.25, 0.3) is 11.2 Å². The minimum Gasteiger partial charge on any atom is -0.341 e. The van der Waals surface area contributed by atoms with Crippen molar-refractivity contribution < 1.29 is 4.39 Å². The Morgan fingerprint density at radius 3 is 3.17 bits per heavy atom. The van der Waals surface area contributed by atoms with Gasteiger partial charge in [0.25, 0.3) is 0 Å². The summed E-state index contributed by atoms with van der Waals surface area (Å²) < 4.78 is 11.9. The van der Waals surface area contributed by atoms with Crippen LogP contribution in [0.5, 0.6) is 0 Å². The van der Waals surface area contributed by atoms with Gasteiger partial charge in [0.05, 0.1) is 12.2 Å². The van der Waals surface area contributed by atoms with Crippen LogP contribution in [0.1, 0.15) is 5.82 Å². The summed E-state index contributed by atoms with van der Waals surface area (Å²) in [6.45, 7) is -0.389. The highest BCUT2D eigenvalue weighted by Gasteiger charge is 2.01. The summed E-state index contributed by atoms with van der Waals surface area (Å²) in [5, 5.41) is 0. The molecule has 0 saturated carbocycles.